The average molecular weight is 325 g/mol. The summed E-state index contributed by atoms with van der Waals surface area (Å²) in [6.07, 6.45) is -0.629. The summed E-state index contributed by atoms with van der Waals surface area (Å²) in [5.41, 5.74) is -0.495. The van der Waals surface area contributed by atoms with Crippen molar-refractivity contribution in [1.29, 1.82) is 0 Å². The summed E-state index contributed by atoms with van der Waals surface area (Å²) in [7, 11) is 0. The van der Waals surface area contributed by atoms with Crippen molar-refractivity contribution >= 4 is 5.90 Å². The number of hydrogen-bond acceptors (Lipinski definition) is 3. The van der Waals surface area contributed by atoms with Gasteiger partial charge >= 0.3 is 6.18 Å². The van der Waals surface area contributed by atoms with Gasteiger partial charge in [-0.2, -0.15) is 13.2 Å². The van der Waals surface area contributed by atoms with Gasteiger partial charge in [0.2, 0.25) is 5.90 Å². The van der Waals surface area contributed by atoms with E-state index in [1.54, 1.807) is 6.07 Å². The van der Waals surface area contributed by atoms with Crippen molar-refractivity contribution in [3.8, 4) is 5.75 Å². The number of alkyl halides is 3. The predicted octanol–water partition coefficient (Wildman–Crippen LogP) is 4.67. The first kappa shape index (κ1) is 17.1. The van der Waals surface area contributed by atoms with Gasteiger partial charge in [-0.05, 0) is 30.7 Å². The number of nitrogens with zero attached hydrogens (tertiary/aromatic N) is 1. The molecule has 0 unspecified atom stereocenters. The lowest BCUT2D eigenvalue weighted by Gasteiger charge is -2.35. The average Bonchev–Trinajstić information content (AvgIpc) is 2.44. The zero-order valence-corrected chi connectivity index (χ0v) is 12.8. The van der Waals surface area contributed by atoms with Gasteiger partial charge in [0.25, 0.3) is 0 Å². The molecular weight excluding hydrogens is 307 g/mol. The number of halogens is 3. The highest BCUT2D eigenvalue weighted by atomic mass is 19.4. The molecule has 3 nitrogen and oxygen atoms in total. The van der Waals surface area contributed by atoms with Gasteiger partial charge in [0.1, 0.15) is 18.0 Å². The summed E-state index contributed by atoms with van der Waals surface area (Å²) in [5, 5.41) is 0. The van der Waals surface area contributed by atoms with E-state index in [4.69, 9.17) is 9.47 Å². The van der Waals surface area contributed by atoms with E-state index in [1.807, 2.05) is 0 Å². The van der Waals surface area contributed by atoms with Crippen molar-refractivity contribution in [3.63, 3.8) is 0 Å². The molecule has 0 aromatic heterocycles. The monoisotopic (exact) mass is 325 g/mol. The molecule has 1 aromatic carbocycles. The maximum Gasteiger partial charge on any atom is 0.416 e. The van der Waals surface area contributed by atoms with Crippen molar-refractivity contribution in [1.82, 2.24) is 0 Å². The van der Waals surface area contributed by atoms with Gasteiger partial charge in [-0.15, -0.1) is 0 Å². The Labute approximate surface area is 133 Å². The molecule has 1 aliphatic carbocycles. The topological polar surface area (TPSA) is 30.8 Å². The van der Waals surface area contributed by atoms with Crippen molar-refractivity contribution in [3.05, 3.63) is 54.8 Å². The standard InChI is InChI=1S/C17H18F3NO2/c1-4-16(21-5-2)23-14-8-13(9-14)22-12-7-6-11(3)15(10-12)17(18,19)20/h4-7,10,13-14H,1-2,8-9H2,3H3. The van der Waals surface area contributed by atoms with Gasteiger partial charge in [0.15, 0.2) is 0 Å². The number of rotatable bonds is 5. The third-order valence-corrected chi connectivity index (χ3v) is 3.55. The lowest BCUT2D eigenvalue weighted by atomic mass is 9.92. The normalized spacial score (nSPS) is 21.3. The van der Waals surface area contributed by atoms with E-state index in [1.165, 1.54) is 25.3 Å². The molecule has 0 aliphatic heterocycles. The summed E-state index contributed by atoms with van der Waals surface area (Å²) < 4.78 is 49.7. The first-order chi connectivity index (χ1) is 10.8. The van der Waals surface area contributed by atoms with Gasteiger partial charge in [-0.3, -0.25) is 0 Å². The Morgan fingerprint density at radius 3 is 2.52 bits per heavy atom. The van der Waals surface area contributed by atoms with Crippen LogP contribution in [-0.2, 0) is 10.9 Å². The van der Waals surface area contributed by atoms with Crippen LogP contribution in [0.5, 0.6) is 5.75 Å². The van der Waals surface area contributed by atoms with Crippen LogP contribution in [0.15, 0.2) is 48.6 Å². The molecule has 0 heterocycles. The first-order valence-corrected chi connectivity index (χ1v) is 7.15. The molecule has 6 heteroatoms. The maximum atomic E-state index is 12.9. The second kappa shape index (κ2) is 6.89. The quantitative estimate of drug-likeness (QED) is 0.582. The highest BCUT2D eigenvalue weighted by molar-refractivity contribution is 5.87. The van der Waals surface area contributed by atoms with Crippen LogP contribution in [-0.4, -0.2) is 18.1 Å². The van der Waals surface area contributed by atoms with Crippen LogP contribution in [0.25, 0.3) is 0 Å². The van der Waals surface area contributed by atoms with Gasteiger partial charge in [-0.25, -0.2) is 4.99 Å². The van der Waals surface area contributed by atoms with E-state index < -0.39 is 11.7 Å². The SMILES string of the molecule is C=CN=C(C=C)OC1CC(Oc2ccc(C)c(C(F)(F)F)c2)C1. The minimum absolute atomic E-state index is 0.0794. The molecule has 0 saturated heterocycles. The molecule has 23 heavy (non-hydrogen) atoms. The Morgan fingerprint density at radius 1 is 1.26 bits per heavy atom. The van der Waals surface area contributed by atoms with Crippen molar-refractivity contribution < 1.29 is 22.6 Å². The Balaban J connectivity index is 1.92. The van der Waals surface area contributed by atoms with E-state index in [0.29, 0.717) is 18.7 Å². The molecule has 0 atom stereocenters. The van der Waals surface area contributed by atoms with E-state index in [-0.39, 0.29) is 23.5 Å². The van der Waals surface area contributed by atoms with Crippen molar-refractivity contribution in [2.75, 3.05) is 0 Å². The fourth-order valence-electron chi connectivity index (χ4n) is 2.27. The lowest BCUT2D eigenvalue weighted by molar-refractivity contribution is -0.138. The molecule has 1 fully saturated rings. The zero-order valence-electron chi connectivity index (χ0n) is 12.8. The third kappa shape index (κ3) is 4.37. The second-order valence-corrected chi connectivity index (χ2v) is 5.28. The Morgan fingerprint density at radius 2 is 1.96 bits per heavy atom. The summed E-state index contributed by atoms with van der Waals surface area (Å²) >= 11 is 0. The smallest absolute Gasteiger partial charge is 0.416 e. The first-order valence-electron chi connectivity index (χ1n) is 7.15. The summed E-state index contributed by atoms with van der Waals surface area (Å²) in [6, 6.07) is 4.00. The molecule has 0 spiro atoms. The van der Waals surface area contributed by atoms with Crippen molar-refractivity contribution in [2.24, 2.45) is 4.99 Å². The second-order valence-electron chi connectivity index (χ2n) is 5.28. The van der Waals surface area contributed by atoms with E-state index in [2.05, 4.69) is 18.2 Å². The maximum absolute atomic E-state index is 12.9. The number of benzene rings is 1. The van der Waals surface area contributed by atoms with Crippen LogP contribution in [0, 0.1) is 6.92 Å². The van der Waals surface area contributed by atoms with Gasteiger partial charge in [-0.1, -0.05) is 19.2 Å². The Hall–Kier alpha value is -2.24. The van der Waals surface area contributed by atoms with Gasteiger partial charge < -0.3 is 9.47 Å². The molecule has 0 amide bonds. The number of ether oxygens (including phenoxy) is 2. The van der Waals surface area contributed by atoms with Crippen LogP contribution in [0.4, 0.5) is 13.2 Å². The van der Waals surface area contributed by atoms with E-state index in [0.717, 1.165) is 6.07 Å². The third-order valence-electron chi connectivity index (χ3n) is 3.55. The zero-order chi connectivity index (χ0) is 17.0. The van der Waals surface area contributed by atoms with Crippen LogP contribution in [0.1, 0.15) is 24.0 Å². The number of aryl methyl sites for hydroxylation is 1. The van der Waals surface area contributed by atoms with Gasteiger partial charge in [0, 0.05) is 19.0 Å². The van der Waals surface area contributed by atoms with E-state index in [9.17, 15) is 13.2 Å². The van der Waals surface area contributed by atoms with Crippen LogP contribution in [0.2, 0.25) is 0 Å². The largest absolute Gasteiger partial charge is 0.490 e. The molecule has 0 N–H and O–H groups in total. The summed E-state index contributed by atoms with van der Waals surface area (Å²) in [6.45, 7) is 8.48. The Kier molecular flexibility index (Phi) is 5.13. The fraction of sp³-hybridized carbons (Fsp3) is 0.353. The fourth-order valence-corrected chi connectivity index (χ4v) is 2.27. The molecule has 1 aliphatic rings. The minimum atomic E-state index is -4.38. The van der Waals surface area contributed by atoms with Crippen LogP contribution in [0.3, 0.4) is 0 Å². The van der Waals surface area contributed by atoms with Crippen molar-refractivity contribution in [2.45, 2.75) is 38.1 Å². The minimum Gasteiger partial charge on any atom is -0.490 e. The highest BCUT2D eigenvalue weighted by Crippen LogP contribution is 2.35. The highest BCUT2D eigenvalue weighted by Gasteiger charge is 2.35. The number of aliphatic imine (C=N–C) groups is 1. The summed E-state index contributed by atoms with van der Waals surface area (Å²) in [4.78, 5) is 3.90. The molecule has 2 rings (SSSR count). The molecular formula is C17H18F3NO2. The van der Waals surface area contributed by atoms with Crippen LogP contribution >= 0.6 is 0 Å². The molecule has 1 aromatic rings. The molecule has 124 valence electrons. The Bertz CT molecular complexity index is 617. The number of hydrogen-bond donors (Lipinski definition) is 0. The molecule has 0 radical (unpaired) electrons. The molecule has 1 saturated carbocycles. The predicted molar refractivity (Wildman–Crippen MR) is 82.5 cm³/mol. The lowest BCUT2D eigenvalue weighted by Crippen LogP contribution is -2.40. The molecule has 0 bridgehead atoms. The van der Waals surface area contributed by atoms with Gasteiger partial charge in [0.05, 0.1) is 5.56 Å². The summed E-state index contributed by atoms with van der Waals surface area (Å²) in [5.74, 6) is 0.591. The van der Waals surface area contributed by atoms with E-state index >= 15 is 0 Å². The van der Waals surface area contributed by atoms with Crippen LogP contribution < -0.4 is 4.74 Å².